The molecule has 0 fully saturated rings. The van der Waals surface area contributed by atoms with Crippen molar-refractivity contribution in [3.63, 3.8) is 0 Å². The van der Waals surface area contributed by atoms with E-state index in [9.17, 15) is 13.2 Å². The molecule has 2 aromatic heterocycles. The number of aromatic amines is 2. The molecule has 128 valence electrons. The number of aromatic nitrogens is 2. The van der Waals surface area contributed by atoms with Crippen molar-refractivity contribution >= 4 is 20.9 Å². The summed E-state index contributed by atoms with van der Waals surface area (Å²) >= 11 is 0. The van der Waals surface area contributed by atoms with Gasteiger partial charge in [0, 0.05) is 36.5 Å². The summed E-state index contributed by atoms with van der Waals surface area (Å²) in [6, 6.07) is 9.72. The van der Waals surface area contributed by atoms with E-state index < -0.39 is 10.0 Å². The van der Waals surface area contributed by atoms with Crippen LogP contribution in [0, 0.1) is 18.3 Å². The molecule has 0 bridgehead atoms. The zero-order valence-corrected chi connectivity index (χ0v) is 14.5. The van der Waals surface area contributed by atoms with Crippen molar-refractivity contribution in [3.05, 3.63) is 63.7 Å². The molecule has 0 spiro atoms. The maximum atomic E-state index is 13.0. The first kappa shape index (κ1) is 17.0. The van der Waals surface area contributed by atoms with Gasteiger partial charge in [-0.05, 0) is 30.7 Å². The highest BCUT2D eigenvalue weighted by molar-refractivity contribution is 7.89. The Kier molecular flexibility index (Phi) is 4.20. The normalized spacial score (nSPS) is 11.8. The quantitative estimate of drug-likeness (QED) is 0.743. The molecule has 8 heteroatoms. The lowest BCUT2D eigenvalue weighted by molar-refractivity contribution is 0.462. The second-order valence-electron chi connectivity index (χ2n) is 5.83. The fourth-order valence-electron chi connectivity index (χ4n) is 2.69. The topological polar surface area (TPSA) is 110 Å². The van der Waals surface area contributed by atoms with Crippen LogP contribution in [0.4, 0.5) is 0 Å². The first-order chi connectivity index (χ1) is 11.8. The third-order valence-electron chi connectivity index (χ3n) is 3.87. The van der Waals surface area contributed by atoms with E-state index in [0.29, 0.717) is 22.3 Å². The molecule has 0 saturated carbocycles. The van der Waals surface area contributed by atoms with Gasteiger partial charge in [0.15, 0.2) is 5.43 Å². The summed E-state index contributed by atoms with van der Waals surface area (Å²) in [7, 11) is -2.38. The number of nitriles is 1. The number of hydrogen-bond donors (Lipinski definition) is 2. The average Bonchev–Trinajstić information content (AvgIpc) is 2.96. The molecule has 0 aliphatic rings. The van der Waals surface area contributed by atoms with Crippen LogP contribution < -0.4 is 5.43 Å². The standard InChI is InChI=1S/C17H16N4O3S/c1-11-5-12-7-13(9-18)20-17(12)16(6-11)25(23,24)21(2)10-14-8-15(22)3-4-19-14/h3-8,20H,10H2,1-2H3,(H,19,22). The number of sulfonamides is 1. The summed E-state index contributed by atoms with van der Waals surface area (Å²) in [5.74, 6) is 0. The molecule has 25 heavy (non-hydrogen) atoms. The number of aryl methyl sites for hydroxylation is 1. The van der Waals surface area contributed by atoms with E-state index >= 15 is 0 Å². The van der Waals surface area contributed by atoms with Gasteiger partial charge < -0.3 is 9.97 Å². The predicted octanol–water partition coefficient (Wildman–Crippen LogP) is 1.86. The van der Waals surface area contributed by atoms with Crippen LogP contribution in [0.3, 0.4) is 0 Å². The minimum atomic E-state index is -3.82. The summed E-state index contributed by atoms with van der Waals surface area (Å²) in [4.78, 5) is 17.2. The van der Waals surface area contributed by atoms with E-state index in [1.54, 1.807) is 19.1 Å². The van der Waals surface area contributed by atoms with Gasteiger partial charge in [-0.3, -0.25) is 4.79 Å². The largest absolute Gasteiger partial charge is 0.364 e. The molecule has 7 nitrogen and oxygen atoms in total. The van der Waals surface area contributed by atoms with Crippen LogP contribution in [0.2, 0.25) is 0 Å². The summed E-state index contributed by atoms with van der Waals surface area (Å²) in [6.45, 7) is 1.83. The third-order valence-corrected chi connectivity index (χ3v) is 5.70. The van der Waals surface area contributed by atoms with Gasteiger partial charge in [-0.2, -0.15) is 9.57 Å². The summed E-state index contributed by atoms with van der Waals surface area (Å²) in [5, 5.41) is 9.72. The average molecular weight is 356 g/mol. The highest BCUT2D eigenvalue weighted by Gasteiger charge is 2.25. The lowest BCUT2D eigenvalue weighted by atomic mass is 10.2. The van der Waals surface area contributed by atoms with E-state index in [2.05, 4.69) is 9.97 Å². The van der Waals surface area contributed by atoms with Gasteiger partial charge in [-0.15, -0.1) is 0 Å². The van der Waals surface area contributed by atoms with Gasteiger partial charge in [0.25, 0.3) is 0 Å². The molecule has 3 rings (SSSR count). The number of nitrogens with zero attached hydrogens (tertiary/aromatic N) is 2. The van der Waals surface area contributed by atoms with Crippen LogP contribution >= 0.6 is 0 Å². The molecule has 2 heterocycles. The van der Waals surface area contributed by atoms with Crippen molar-refractivity contribution < 1.29 is 8.42 Å². The van der Waals surface area contributed by atoms with Gasteiger partial charge in [0.05, 0.1) is 12.1 Å². The number of H-pyrrole nitrogens is 2. The molecular weight excluding hydrogens is 340 g/mol. The zero-order chi connectivity index (χ0) is 18.2. The maximum Gasteiger partial charge on any atom is 0.245 e. The summed E-state index contributed by atoms with van der Waals surface area (Å²) < 4.78 is 27.2. The molecule has 0 aliphatic heterocycles. The van der Waals surface area contributed by atoms with Crippen molar-refractivity contribution in [2.45, 2.75) is 18.4 Å². The fraction of sp³-hybridized carbons (Fsp3) is 0.176. The predicted molar refractivity (Wildman–Crippen MR) is 93.5 cm³/mol. The minimum absolute atomic E-state index is 0.0274. The first-order valence-corrected chi connectivity index (χ1v) is 8.92. The van der Waals surface area contributed by atoms with Crippen molar-refractivity contribution in [2.75, 3.05) is 7.05 Å². The van der Waals surface area contributed by atoms with E-state index in [-0.39, 0.29) is 16.9 Å². The zero-order valence-electron chi connectivity index (χ0n) is 13.7. The molecule has 0 saturated heterocycles. The Labute approximate surface area is 144 Å². The monoisotopic (exact) mass is 356 g/mol. The van der Waals surface area contributed by atoms with Gasteiger partial charge in [0.1, 0.15) is 16.7 Å². The molecular formula is C17H16N4O3S. The Morgan fingerprint density at radius 3 is 2.68 bits per heavy atom. The molecule has 2 N–H and O–H groups in total. The highest BCUT2D eigenvalue weighted by Crippen LogP contribution is 2.27. The molecule has 0 amide bonds. The molecule has 0 unspecified atom stereocenters. The van der Waals surface area contributed by atoms with E-state index in [1.165, 1.54) is 29.7 Å². The Balaban J connectivity index is 2.07. The fourth-order valence-corrected chi connectivity index (χ4v) is 4.10. The summed E-state index contributed by atoms with van der Waals surface area (Å²) in [6.07, 6.45) is 1.48. The Hall–Kier alpha value is -2.89. The lowest BCUT2D eigenvalue weighted by Crippen LogP contribution is -2.27. The van der Waals surface area contributed by atoms with Crippen LogP contribution in [-0.2, 0) is 16.6 Å². The molecule has 3 aromatic rings. The SMILES string of the molecule is Cc1cc(S(=O)(=O)N(C)Cc2cc(=O)cc[nH]2)c2[nH]c(C#N)cc2c1. The van der Waals surface area contributed by atoms with Crippen LogP contribution in [0.25, 0.3) is 10.9 Å². The van der Waals surface area contributed by atoms with Crippen LogP contribution in [-0.4, -0.2) is 29.7 Å². The van der Waals surface area contributed by atoms with Gasteiger partial charge in [-0.25, -0.2) is 8.42 Å². The molecule has 1 aromatic carbocycles. The van der Waals surface area contributed by atoms with Crippen LogP contribution in [0.1, 0.15) is 17.0 Å². The number of pyridine rings is 1. The van der Waals surface area contributed by atoms with Gasteiger partial charge >= 0.3 is 0 Å². The Morgan fingerprint density at radius 2 is 2.00 bits per heavy atom. The molecule has 0 aliphatic carbocycles. The van der Waals surface area contributed by atoms with Crippen molar-refractivity contribution in [2.24, 2.45) is 0 Å². The molecule has 0 atom stereocenters. The highest BCUT2D eigenvalue weighted by atomic mass is 32.2. The molecule has 0 radical (unpaired) electrons. The van der Waals surface area contributed by atoms with Gasteiger partial charge in [-0.1, -0.05) is 0 Å². The van der Waals surface area contributed by atoms with Crippen molar-refractivity contribution in [3.8, 4) is 6.07 Å². The van der Waals surface area contributed by atoms with Gasteiger partial charge in [0.2, 0.25) is 10.0 Å². The lowest BCUT2D eigenvalue weighted by Gasteiger charge is -2.18. The van der Waals surface area contributed by atoms with Crippen LogP contribution in [0.15, 0.2) is 46.2 Å². The Bertz CT molecular complexity index is 1150. The number of hydrogen-bond acceptors (Lipinski definition) is 4. The Morgan fingerprint density at radius 1 is 1.24 bits per heavy atom. The van der Waals surface area contributed by atoms with Crippen molar-refractivity contribution in [1.29, 1.82) is 5.26 Å². The van der Waals surface area contributed by atoms with Crippen molar-refractivity contribution in [1.82, 2.24) is 14.3 Å². The van der Waals surface area contributed by atoms with Crippen LogP contribution in [0.5, 0.6) is 0 Å². The maximum absolute atomic E-state index is 13.0. The second kappa shape index (κ2) is 6.20. The number of benzene rings is 1. The first-order valence-electron chi connectivity index (χ1n) is 7.48. The minimum Gasteiger partial charge on any atom is -0.364 e. The summed E-state index contributed by atoms with van der Waals surface area (Å²) in [5.41, 5.74) is 1.77. The number of nitrogens with one attached hydrogen (secondary N) is 2. The third kappa shape index (κ3) is 3.20. The second-order valence-corrected chi connectivity index (χ2v) is 7.85. The van der Waals surface area contributed by atoms with E-state index in [0.717, 1.165) is 5.56 Å². The van der Waals surface area contributed by atoms with E-state index in [4.69, 9.17) is 5.26 Å². The van der Waals surface area contributed by atoms with E-state index in [1.807, 2.05) is 12.1 Å². The number of fused-ring (bicyclic) bond motifs is 1. The smallest absolute Gasteiger partial charge is 0.245 e. The number of rotatable bonds is 4.